The second kappa shape index (κ2) is 7.16. The lowest BCUT2D eigenvalue weighted by molar-refractivity contribution is 0.00990. The lowest BCUT2D eigenvalue weighted by Gasteiger charge is -2.33. The number of aryl methyl sites for hydroxylation is 2. The molecule has 0 saturated heterocycles. The van der Waals surface area contributed by atoms with Crippen LogP contribution in [0.5, 0.6) is 0 Å². The number of nitrogens with zero attached hydrogens (tertiary/aromatic N) is 4. The molecule has 0 radical (unpaired) electrons. The van der Waals surface area contributed by atoms with Crippen LogP contribution in [0.15, 0.2) is 17.1 Å². The van der Waals surface area contributed by atoms with Crippen LogP contribution in [0, 0.1) is 12.7 Å². The summed E-state index contributed by atoms with van der Waals surface area (Å²) < 4.78 is 17.7. The maximum Gasteiger partial charge on any atom is 0.330 e. The number of aliphatic hydroxyl groups is 1. The lowest BCUT2D eigenvalue weighted by atomic mass is 9.83. The van der Waals surface area contributed by atoms with Crippen molar-refractivity contribution in [1.82, 2.24) is 19.1 Å². The van der Waals surface area contributed by atoms with Gasteiger partial charge in [0.25, 0.3) is 5.91 Å². The number of fused-ring (bicyclic) bond motifs is 1. The highest BCUT2D eigenvalue weighted by Crippen LogP contribution is 2.36. The van der Waals surface area contributed by atoms with E-state index >= 15 is 0 Å². The van der Waals surface area contributed by atoms with Crippen molar-refractivity contribution in [3.8, 4) is 11.4 Å². The molecule has 1 aromatic carbocycles. The Morgan fingerprint density at radius 1 is 1.35 bits per heavy atom. The number of carbonyl (C=O) groups excluding carboxylic acids is 1. The number of benzene rings is 1. The Morgan fingerprint density at radius 2 is 2.00 bits per heavy atom. The number of carbonyl (C=O) groups is 1. The number of hydrogen-bond donors (Lipinski definition) is 3. The van der Waals surface area contributed by atoms with Gasteiger partial charge in [0.2, 0.25) is 0 Å². The summed E-state index contributed by atoms with van der Waals surface area (Å²) in [5, 5.41) is 10.3. The number of amides is 1. The first-order chi connectivity index (χ1) is 14.5. The van der Waals surface area contributed by atoms with E-state index in [0.717, 1.165) is 0 Å². The van der Waals surface area contributed by atoms with Crippen molar-refractivity contribution in [2.45, 2.75) is 51.2 Å². The van der Waals surface area contributed by atoms with E-state index < -0.39 is 17.3 Å². The highest BCUT2D eigenvalue weighted by Gasteiger charge is 2.32. The van der Waals surface area contributed by atoms with Gasteiger partial charge in [0.1, 0.15) is 5.52 Å². The van der Waals surface area contributed by atoms with Gasteiger partial charge in [0.15, 0.2) is 17.3 Å². The number of aromatic nitrogens is 4. The molecule has 0 atom stereocenters. The van der Waals surface area contributed by atoms with Gasteiger partial charge in [-0.05, 0) is 51.2 Å². The van der Waals surface area contributed by atoms with E-state index in [1.165, 1.54) is 16.8 Å². The monoisotopic (exact) mass is 428 g/mol. The summed E-state index contributed by atoms with van der Waals surface area (Å²) in [6.45, 7) is 3.46. The van der Waals surface area contributed by atoms with Gasteiger partial charge in [0, 0.05) is 18.7 Å². The van der Waals surface area contributed by atoms with Crippen LogP contribution in [0.1, 0.15) is 54.6 Å². The number of nitrogens with two attached hydrogens (primary N) is 2. The fourth-order valence-corrected chi connectivity index (χ4v) is 4.36. The summed E-state index contributed by atoms with van der Waals surface area (Å²) in [7, 11) is 1.64. The summed E-state index contributed by atoms with van der Waals surface area (Å²) in [5.41, 5.74) is 11.4. The molecule has 31 heavy (non-hydrogen) atoms. The summed E-state index contributed by atoms with van der Waals surface area (Å²) in [4.78, 5) is 33.3. The van der Waals surface area contributed by atoms with E-state index in [4.69, 9.17) is 11.5 Å². The van der Waals surface area contributed by atoms with Gasteiger partial charge in [-0.15, -0.1) is 0 Å². The van der Waals surface area contributed by atoms with E-state index in [9.17, 15) is 19.1 Å². The first-order valence-electron chi connectivity index (χ1n) is 10.1. The summed E-state index contributed by atoms with van der Waals surface area (Å²) >= 11 is 0. The van der Waals surface area contributed by atoms with Gasteiger partial charge in [-0.2, -0.15) is 0 Å². The van der Waals surface area contributed by atoms with E-state index in [1.54, 1.807) is 25.5 Å². The third-order valence-electron chi connectivity index (χ3n) is 6.22. The number of anilines is 1. The van der Waals surface area contributed by atoms with Crippen LogP contribution >= 0.6 is 0 Å². The zero-order valence-corrected chi connectivity index (χ0v) is 17.6. The van der Waals surface area contributed by atoms with Crippen molar-refractivity contribution in [3.05, 3.63) is 39.7 Å². The Kier molecular flexibility index (Phi) is 4.84. The van der Waals surface area contributed by atoms with Crippen LogP contribution in [-0.2, 0) is 7.05 Å². The van der Waals surface area contributed by atoms with Crippen molar-refractivity contribution >= 4 is 22.8 Å². The lowest BCUT2D eigenvalue weighted by Crippen LogP contribution is -2.35. The minimum Gasteiger partial charge on any atom is -0.396 e. The standard InChI is InChI=1S/C21H25FN6O3/c1-10-8-12(17(24)29)15(22)16(23)14(10)18-25-9-13-19(26-18)28(20(30)27(13)3)11-4-6-21(2,31)7-5-11/h8-9,11,31H,4-7,23H2,1-3H3,(H2,24,29). The quantitative estimate of drug-likeness (QED) is 0.543. The van der Waals surface area contributed by atoms with Crippen LogP contribution in [0.3, 0.4) is 0 Å². The van der Waals surface area contributed by atoms with Gasteiger partial charge in [-0.25, -0.2) is 19.2 Å². The van der Waals surface area contributed by atoms with Gasteiger partial charge >= 0.3 is 5.69 Å². The summed E-state index contributed by atoms with van der Waals surface area (Å²) in [6, 6.07) is 1.20. The molecule has 1 aliphatic rings. The highest BCUT2D eigenvalue weighted by atomic mass is 19.1. The molecule has 10 heteroatoms. The smallest absolute Gasteiger partial charge is 0.330 e. The summed E-state index contributed by atoms with van der Waals surface area (Å²) in [5.74, 6) is -1.68. The first kappa shape index (κ1) is 21.0. The fourth-order valence-electron chi connectivity index (χ4n) is 4.36. The zero-order chi connectivity index (χ0) is 22.7. The molecule has 0 bridgehead atoms. The molecule has 3 aromatic rings. The number of imidazole rings is 1. The molecule has 0 aliphatic heterocycles. The van der Waals surface area contributed by atoms with E-state index in [1.807, 2.05) is 0 Å². The first-order valence-corrected chi connectivity index (χ1v) is 10.1. The van der Waals surface area contributed by atoms with E-state index in [-0.39, 0.29) is 34.4 Å². The topological polar surface area (TPSA) is 142 Å². The molecule has 1 fully saturated rings. The Bertz CT molecular complexity index is 1270. The average molecular weight is 428 g/mol. The molecule has 5 N–H and O–H groups in total. The molecule has 0 spiro atoms. The second-order valence-corrected chi connectivity index (χ2v) is 8.55. The molecular weight excluding hydrogens is 403 g/mol. The predicted octanol–water partition coefficient (Wildman–Crippen LogP) is 1.79. The number of hydrogen-bond acceptors (Lipinski definition) is 6. The molecule has 0 unspecified atom stereocenters. The highest BCUT2D eigenvalue weighted by molar-refractivity contribution is 5.96. The maximum atomic E-state index is 14.6. The van der Waals surface area contributed by atoms with Crippen molar-refractivity contribution in [3.63, 3.8) is 0 Å². The van der Waals surface area contributed by atoms with Gasteiger partial charge < -0.3 is 16.6 Å². The number of rotatable bonds is 3. The van der Waals surface area contributed by atoms with Crippen molar-refractivity contribution in [2.75, 3.05) is 5.73 Å². The van der Waals surface area contributed by atoms with Crippen molar-refractivity contribution < 1.29 is 14.3 Å². The molecule has 1 amide bonds. The SMILES string of the molecule is Cc1cc(C(N)=O)c(F)c(N)c1-c1ncc2c(n1)n(C1CCC(C)(O)CC1)c(=O)n2C. The van der Waals surface area contributed by atoms with E-state index in [0.29, 0.717) is 42.4 Å². The van der Waals surface area contributed by atoms with Crippen molar-refractivity contribution in [1.29, 1.82) is 0 Å². The van der Waals surface area contributed by atoms with Crippen LogP contribution in [0.2, 0.25) is 0 Å². The molecule has 164 valence electrons. The third-order valence-corrected chi connectivity index (χ3v) is 6.22. The third kappa shape index (κ3) is 3.36. The van der Waals surface area contributed by atoms with Crippen LogP contribution in [-0.4, -0.2) is 35.7 Å². The maximum absolute atomic E-state index is 14.6. The van der Waals surface area contributed by atoms with Gasteiger partial charge in [-0.3, -0.25) is 13.9 Å². The Morgan fingerprint density at radius 3 is 2.61 bits per heavy atom. The predicted molar refractivity (Wildman–Crippen MR) is 114 cm³/mol. The molecule has 9 nitrogen and oxygen atoms in total. The summed E-state index contributed by atoms with van der Waals surface area (Å²) in [6.07, 6.45) is 3.92. The fraction of sp³-hybridized carbons (Fsp3) is 0.429. The normalized spacial score (nSPS) is 21.5. The zero-order valence-electron chi connectivity index (χ0n) is 17.6. The van der Waals surface area contributed by atoms with Crippen LogP contribution in [0.4, 0.5) is 10.1 Å². The number of nitrogen functional groups attached to an aromatic ring is 1. The molecule has 2 heterocycles. The van der Waals surface area contributed by atoms with Gasteiger partial charge in [-0.1, -0.05) is 0 Å². The average Bonchev–Trinajstić information content (AvgIpc) is 2.95. The largest absolute Gasteiger partial charge is 0.396 e. The molecule has 4 rings (SSSR count). The molecule has 2 aromatic heterocycles. The van der Waals surface area contributed by atoms with Gasteiger partial charge in [0.05, 0.1) is 23.0 Å². The minimum absolute atomic E-state index is 0.119. The second-order valence-electron chi connectivity index (χ2n) is 8.55. The number of primary amides is 1. The molecule has 1 aliphatic carbocycles. The molecular formula is C21H25FN6O3. The Balaban J connectivity index is 1.89. The van der Waals surface area contributed by atoms with Crippen LogP contribution in [0.25, 0.3) is 22.6 Å². The Labute approximate surface area is 177 Å². The van der Waals surface area contributed by atoms with Crippen LogP contribution < -0.4 is 17.2 Å². The minimum atomic E-state index is -0.920. The number of halogens is 1. The van der Waals surface area contributed by atoms with Crippen molar-refractivity contribution in [2.24, 2.45) is 12.8 Å². The van der Waals surface area contributed by atoms with E-state index in [2.05, 4.69) is 9.97 Å². The Hall–Kier alpha value is -3.27. The molecule has 1 saturated carbocycles.